The van der Waals surface area contributed by atoms with Gasteiger partial charge < -0.3 is 10.5 Å². The summed E-state index contributed by atoms with van der Waals surface area (Å²) in [5, 5.41) is 4.79. The molecular formula is C19H16N4O4. The van der Waals surface area contributed by atoms with Gasteiger partial charge >= 0.3 is 0 Å². The number of anilines is 1. The van der Waals surface area contributed by atoms with Gasteiger partial charge in [0.15, 0.2) is 6.61 Å². The van der Waals surface area contributed by atoms with Crippen LogP contribution in [0.1, 0.15) is 10.4 Å². The van der Waals surface area contributed by atoms with Crippen molar-refractivity contribution in [3.8, 4) is 5.75 Å². The number of nitrogen functional groups attached to an aromatic ring is 1. The maximum Gasteiger partial charge on any atom is 0.276 e. The van der Waals surface area contributed by atoms with Gasteiger partial charge in [0.25, 0.3) is 11.8 Å². The zero-order valence-electron chi connectivity index (χ0n) is 14.1. The van der Waals surface area contributed by atoms with E-state index in [2.05, 4.69) is 16.0 Å². The van der Waals surface area contributed by atoms with Crippen LogP contribution in [-0.4, -0.2) is 18.4 Å². The lowest BCUT2D eigenvalue weighted by molar-refractivity contribution is -0.123. The fraction of sp³-hybridized carbons (Fsp3) is 0.0526. The number of amides is 2. The third kappa shape index (κ3) is 4.57. The van der Waals surface area contributed by atoms with E-state index in [9.17, 15) is 14.5 Å². The molecular weight excluding hydrogens is 348 g/mol. The number of hydrogen-bond donors (Lipinski definition) is 3. The minimum absolute atomic E-state index is 0.0195. The normalized spacial score (nSPS) is 10.2. The smallest absolute Gasteiger partial charge is 0.276 e. The molecule has 0 saturated heterocycles. The van der Waals surface area contributed by atoms with Gasteiger partial charge in [-0.1, -0.05) is 30.3 Å². The fourth-order valence-electron chi connectivity index (χ4n) is 2.46. The molecule has 0 saturated carbocycles. The second-order valence-corrected chi connectivity index (χ2v) is 5.70. The Balaban J connectivity index is 1.53. The van der Waals surface area contributed by atoms with E-state index in [-0.39, 0.29) is 23.5 Å². The van der Waals surface area contributed by atoms with Crippen LogP contribution >= 0.6 is 0 Å². The van der Waals surface area contributed by atoms with Crippen LogP contribution in [0.4, 0.5) is 11.4 Å². The van der Waals surface area contributed by atoms with Crippen LogP contribution in [0.25, 0.3) is 10.8 Å². The molecule has 0 fully saturated rings. The van der Waals surface area contributed by atoms with Crippen LogP contribution in [-0.2, 0) is 4.79 Å². The SMILES string of the molecule is Nc1cc(N=O)cc(C(=O)NNC(=O)COc2ccc3ccccc3c2)c1. The van der Waals surface area contributed by atoms with Crippen LogP contribution in [0.3, 0.4) is 0 Å². The largest absolute Gasteiger partial charge is 0.484 e. The highest BCUT2D eigenvalue weighted by Gasteiger charge is 2.10. The van der Waals surface area contributed by atoms with Gasteiger partial charge in [-0.05, 0) is 46.3 Å². The summed E-state index contributed by atoms with van der Waals surface area (Å²) in [6.45, 7) is -0.281. The van der Waals surface area contributed by atoms with Crippen molar-refractivity contribution in [2.24, 2.45) is 5.18 Å². The monoisotopic (exact) mass is 364 g/mol. The Bertz CT molecular complexity index is 1020. The van der Waals surface area contributed by atoms with Gasteiger partial charge in [-0.15, -0.1) is 4.91 Å². The van der Waals surface area contributed by atoms with Crippen LogP contribution in [0, 0.1) is 4.91 Å². The van der Waals surface area contributed by atoms with E-state index in [1.807, 2.05) is 36.4 Å². The highest BCUT2D eigenvalue weighted by Crippen LogP contribution is 2.20. The molecule has 3 aromatic carbocycles. The maximum absolute atomic E-state index is 12.0. The van der Waals surface area contributed by atoms with Crippen LogP contribution in [0.5, 0.6) is 5.75 Å². The average molecular weight is 364 g/mol. The molecule has 8 nitrogen and oxygen atoms in total. The summed E-state index contributed by atoms with van der Waals surface area (Å²) in [6.07, 6.45) is 0. The molecule has 0 heterocycles. The molecule has 136 valence electrons. The maximum atomic E-state index is 12.0. The number of nitrogens with zero attached hydrogens (tertiary/aromatic N) is 1. The first-order chi connectivity index (χ1) is 13.0. The van der Waals surface area contributed by atoms with Gasteiger partial charge in [-0.2, -0.15) is 0 Å². The highest BCUT2D eigenvalue weighted by atomic mass is 16.5. The third-order valence-electron chi connectivity index (χ3n) is 3.71. The molecule has 0 aliphatic heterocycles. The quantitative estimate of drug-likeness (QED) is 0.365. The minimum Gasteiger partial charge on any atom is -0.484 e. The Labute approximate surface area is 154 Å². The number of fused-ring (bicyclic) bond motifs is 1. The molecule has 2 amide bonds. The topological polar surface area (TPSA) is 123 Å². The Morgan fingerprint density at radius 3 is 2.52 bits per heavy atom. The molecule has 0 aromatic heterocycles. The molecule has 3 aromatic rings. The number of nitroso groups, excluding NO2 is 1. The summed E-state index contributed by atoms with van der Waals surface area (Å²) in [5.41, 5.74) is 10.4. The molecule has 0 radical (unpaired) electrons. The molecule has 8 heteroatoms. The van der Waals surface area contributed by atoms with Crippen LogP contribution in [0.15, 0.2) is 65.8 Å². The number of hydrazine groups is 1. The second-order valence-electron chi connectivity index (χ2n) is 5.70. The summed E-state index contributed by atoms with van der Waals surface area (Å²) in [4.78, 5) is 34.5. The fourth-order valence-corrected chi connectivity index (χ4v) is 2.46. The van der Waals surface area contributed by atoms with E-state index in [1.165, 1.54) is 18.2 Å². The molecule has 0 aliphatic carbocycles. The van der Waals surface area contributed by atoms with Gasteiger partial charge in [0, 0.05) is 11.3 Å². The third-order valence-corrected chi connectivity index (χ3v) is 3.71. The summed E-state index contributed by atoms with van der Waals surface area (Å²) in [5.74, 6) is -0.645. The lowest BCUT2D eigenvalue weighted by atomic mass is 10.1. The van der Waals surface area contributed by atoms with Crippen molar-refractivity contribution in [1.82, 2.24) is 10.9 Å². The summed E-state index contributed by atoms with van der Waals surface area (Å²) in [6, 6.07) is 17.2. The predicted molar refractivity (Wildman–Crippen MR) is 101 cm³/mol. The predicted octanol–water partition coefficient (Wildman–Crippen LogP) is 2.66. The molecule has 0 bridgehead atoms. The van der Waals surface area contributed by atoms with Crippen molar-refractivity contribution in [3.63, 3.8) is 0 Å². The molecule has 3 rings (SSSR count). The Hall–Kier alpha value is -3.94. The van der Waals surface area contributed by atoms with Crippen LogP contribution in [0.2, 0.25) is 0 Å². The molecule has 0 unspecified atom stereocenters. The highest BCUT2D eigenvalue weighted by molar-refractivity contribution is 5.97. The Morgan fingerprint density at radius 2 is 1.74 bits per heavy atom. The summed E-state index contributed by atoms with van der Waals surface area (Å²) in [7, 11) is 0. The molecule has 4 N–H and O–H groups in total. The number of nitrogens with one attached hydrogen (secondary N) is 2. The minimum atomic E-state index is -0.633. The van der Waals surface area contributed by atoms with Crippen LogP contribution < -0.4 is 21.3 Å². The van der Waals surface area contributed by atoms with E-state index in [4.69, 9.17) is 10.5 Å². The van der Waals surface area contributed by atoms with Gasteiger partial charge in [-0.25, -0.2) is 0 Å². The van der Waals surface area contributed by atoms with Gasteiger partial charge in [0.2, 0.25) is 0 Å². The second kappa shape index (κ2) is 7.96. The number of nitrogens with two attached hydrogens (primary N) is 1. The number of carbonyl (C=O) groups is 2. The van der Waals surface area contributed by atoms with E-state index < -0.39 is 11.8 Å². The average Bonchev–Trinajstić information content (AvgIpc) is 2.69. The van der Waals surface area contributed by atoms with E-state index in [0.717, 1.165) is 10.8 Å². The number of benzene rings is 3. The first kappa shape index (κ1) is 17.9. The summed E-state index contributed by atoms with van der Waals surface area (Å²) < 4.78 is 5.43. The zero-order valence-corrected chi connectivity index (χ0v) is 14.1. The molecule has 27 heavy (non-hydrogen) atoms. The zero-order chi connectivity index (χ0) is 19.2. The number of ether oxygens (including phenoxy) is 1. The first-order valence-electron chi connectivity index (χ1n) is 8.00. The van der Waals surface area contributed by atoms with Crippen molar-refractivity contribution >= 4 is 34.0 Å². The number of rotatable bonds is 5. The lowest BCUT2D eigenvalue weighted by Crippen LogP contribution is -2.43. The van der Waals surface area contributed by atoms with Crippen molar-refractivity contribution in [2.45, 2.75) is 0 Å². The molecule has 0 spiro atoms. The van der Waals surface area contributed by atoms with E-state index >= 15 is 0 Å². The van der Waals surface area contributed by atoms with E-state index in [1.54, 1.807) is 6.07 Å². The summed E-state index contributed by atoms with van der Waals surface area (Å²) >= 11 is 0. The van der Waals surface area contributed by atoms with Crippen molar-refractivity contribution in [2.75, 3.05) is 12.3 Å². The van der Waals surface area contributed by atoms with Gasteiger partial charge in [-0.3, -0.25) is 20.4 Å². The Morgan fingerprint density at radius 1 is 0.963 bits per heavy atom. The standard InChI is InChI=1S/C19H16N4O4/c20-15-7-14(8-16(10-15)23-26)19(25)22-21-18(24)11-27-17-6-5-12-3-1-2-4-13(12)9-17/h1-10H,11,20H2,(H,21,24)(H,22,25). The lowest BCUT2D eigenvalue weighted by Gasteiger charge is -2.10. The van der Waals surface area contributed by atoms with Crippen molar-refractivity contribution in [3.05, 3.63) is 71.1 Å². The first-order valence-corrected chi connectivity index (χ1v) is 8.00. The number of hydrogen-bond acceptors (Lipinski definition) is 6. The number of carbonyl (C=O) groups excluding carboxylic acids is 2. The molecule has 0 atom stereocenters. The van der Waals surface area contributed by atoms with Crippen molar-refractivity contribution in [1.29, 1.82) is 0 Å². The van der Waals surface area contributed by atoms with Gasteiger partial charge in [0.05, 0.1) is 0 Å². The van der Waals surface area contributed by atoms with Crippen molar-refractivity contribution < 1.29 is 14.3 Å². The molecule has 0 aliphatic rings. The Kier molecular flexibility index (Phi) is 5.27. The van der Waals surface area contributed by atoms with E-state index in [0.29, 0.717) is 5.75 Å². The van der Waals surface area contributed by atoms with Gasteiger partial charge in [0.1, 0.15) is 11.4 Å².